The molecule has 0 bridgehead atoms. The van der Waals surface area contributed by atoms with Crippen molar-refractivity contribution < 1.29 is 14.3 Å². The summed E-state index contributed by atoms with van der Waals surface area (Å²) in [6.45, 7) is 4.15. The van der Waals surface area contributed by atoms with Crippen molar-refractivity contribution in [2.24, 2.45) is 5.73 Å². The van der Waals surface area contributed by atoms with Gasteiger partial charge in [-0.3, -0.25) is 4.79 Å². The molecule has 0 saturated heterocycles. The maximum absolute atomic E-state index is 11.7. The zero-order valence-corrected chi connectivity index (χ0v) is 10.3. The minimum atomic E-state index is -0.881. The number of aliphatic hydroxyl groups is 1. The fourth-order valence-electron chi connectivity index (χ4n) is 1.59. The van der Waals surface area contributed by atoms with Crippen molar-refractivity contribution in [3.63, 3.8) is 0 Å². The Balaban J connectivity index is 2.49. The molecule has 0 aliphatic carbocycles. The highest BCUT2D eigenvalue weighted by atomic mass is 16.4. The fraction of sp³-hybridized carbons (Fsp3) is 0.583. The zero-order valence-electron chi connectivity index (χ0n) is 10.3. The highest BCUT2D eigenvalue weighted by molar-refractivity contribution is 5.91. The molecule has 1 unspecified atom stereocenters. The summed E-state index contributed by atoms with van der Waals surface area (Å²) >= 11 is 0. The molecule has 1 aromatic heterocycles. The molecule has 1 aromatic rings. The molecule has 0 fully saturated rings. The lowest BCUT2D eigenvalue weighted by Crippen LogP contribution is -2.40. The Bertz CT molecular complexity index is 372. The Labute approximate surface area is 101 Å². The van der Waals surface area contributed by atoms with Gasteiger partial charge in [-0.2, -0.15) is 0 Å². The molecule has 0 aliphatic rings. The maximum atomic E-state index is 11.7. The van der Waals surface area contributed by atoms with Crippen molar-refractivity contribution in [3.8, 4) is 0 Å². The molecule has 4 N–H and O–H groups in total. The Kier molecular flexibility index (Phi) is 4.72. The van der Waals surface area contributed by atoms with Crippen LogP contribution in [0.1, 0.15) is 43.0 Å². The third-order valence-electron chi connectivity index (χ3n) is 2.50. The second-order valence-corrected chi connectivity index (χ2v) is 4.40. The zero-order chi connectivity index (χ0) is 12.9. The first-order valence-electron chi connectivity index (χ1n) is 5.78. The van der Waals surface area contributed by atoms with Gasteiger partial charge in [0, 0.05) is 6.54 Å². The number of rotatable bonds is 6. The molecule has 0 radical (unpaired) electrons. The van der Waals surface area contributed by atoms with Crippen LogP contribution in [0.4, 0.5) is 0 Å². The topological polar surface area (TPSA) is 88.5 Å². The fourth-order valence-corrected chi connectivity index (χ4v) is 1.59. The van der Waals surface area contributed by atoms with E-state index in [1.807, 2.05) is 6.92 Å². The van der Waals surface area contributed by atoms with Crippen molar-refractivity contribution in [1.82, 2.24) is 5.32 Å². The van der Waals surface area contributed by atoms with Gasteiger partial charge in [-0.05, 0) is 25.5 Å². The summed E-state index contributed by atoms with van der Waals surface area (Å²) in [5.41, 5.74) is 4.50. The van der Waals surface area contributed by atoms with Gasteiger partial charge in [0.1, 0.15) is 5.76 Å². The molecule has 1 rings (SSSR count). The lowest BCUT2D eigenvalue weighted by molar-refractivity contribution is 0.0463. The van der Waals surface area contributed by atoms with Crippen LogP contribution in [0.3, 0.4) is 0 Å². The lowest BCUT2D eigenvalue weighted by Gasteiger charge is -2.22. The van der Waals surface area contributed by atoms with Crippen LogP contribution in [-0.4, -0.2) is 23.2 Å². The van der Waals surface area contributed by atoms with Crippen LogP contribution < -0.4 is 11.1 Å². The summed E-state index contributed by atoms with van der Waals surface area (Å²) in [5.74, 6) is 0.453. The summed E-state index contributed by atoms with van der Waals surface area (Å²) in [4.78, 5) is 11.7. The minimum Gasteiger partial charge on any atom is -0.455 e. The lowest BCUT2D eigenvalue weighted by atomic mass is 10.0. The van der Waals surface area contributed by atoms with Crippen molar-refractivity contribution in [2.45, 2.75) is 38.8 Å². The number of nitrogens with two attached hydrogens (primary N) is 1. The van der Waals surface area contributed by atoms with E-state index in [9.17, 15) is 9.90 Å². The average molecular weight is 240 g/mol. The third kappa shape index (κ3) is 4.20. The normalized spacial score (nSPS) is 14.4. The largest absolute Gasteiger partial charge is 0.455 e. The van der Waals surface area contributed by atoms with E-state index in [-0.39, 0.29) is 24.8 Å². The second-order valence-electron chi connectivity index (χ2n) is 4.40. The molecule has 5 heteroatoms. The smallest absolute Gasteiger partial charge is 0.287 e. The number of furan rings is 1. The summed E-state index contributed by atoms with van der Waals surface area (Å²) in [5, 5.41) is 12.5. The molecule has 17 heavy (non-hydrogen) atoms. The molecule has 5 nitrogen and oxygen atoms in total. The number of hydrogen-bond donors (Lipinski definition) is 3. The molecular formula is C12H20N2O3. The molecule has 0 spiro atoms. The summed E-state index contributed by atoms with van der Waals surface area (Å²) in [7, 11) is 0. The first-order valence-corrected chi connectivity index (χ1v) is 5.78. The second kappa shape index (κ2) is 5.84. The number of carbonyl (C=O) groups is 1. The number of carbonyl (C=O) groups excluding carboxylic acids is 1. The Morgan fingerprint density at radius 1 is 1.59 bits per heavy atom. The first kappa shape index (κ1) is 13.7. The maximum Gasteiger partial charge on any atom is 0.287 e. The van der Waals surface area contributed by atoms with Gasteiger partial charge in [-0.25, -0.2) is 0 Å². The Hall–Kier alpha value is -1.33. The molecule has 0 saturated carbocycles. The summed E-state index contributed by atoms with van der Waals surface area (Å²) in [6, 6.07) is 3.24. The van der Waals surface area contributed by atoms with E-state index < -0.39 is 5.60 Å². The number of nitrogens with one attached hydrogen (secondary N) is 1. The van der Waals surface area contributed by atoms with E-state index in [1.54, 1.807) is 19.1 Å². The van der Waals surface area contributed by atoms with Gasteiger partial charge < -0.3 is 20.6 Å². The number of hydrogen-bond acceptors (Lipinski definition) is 4. The molecule has 1 heterocycles. The van der Waals surface area contributed by atoms with Crippen LogP contribution in [0.15, 0.2) is 16.5 Å². The van der Waals surface area contributed by atoms with Crippen molar-refractivity contribution in [2.75, 3.05) is 6.54 Å². The van der Waals surface area contributed by atoms with Gasteiger partial charge in [0.2, 0.25) is 0 Å². The average Bonchev–Trinajstić information content (AvgIpc) is 2.74. The highest BCUT2D eigenvalue weighted by Gasteiger charge is 2.21. The van der Waals surface area contributed by atoms with E-state index in [2.05, 4.69) is 5.32 Å². The van der Waals surface area contributed by atoms with Crippen LogP contribution in [-0.2, 0) is 6.54 Å². The summed E-state index contributed by atoms with van der Waals surface area (Å²) in [6.07, 6.45) is 1.50. The Morgan fingerprint density at radius 2 is 2.29 bits per heavy atom. The SMILES string of the molecule is CCCC(C)(O)CNC(=O)c1ccc(CN)o1. The van der Waals surface area contributed by atoms with E-state index in [0.29, 0.717) is 12.2 Å². The van der Waals surface area contributed by atoms with Crippen LogP contribution >= 0.6 is 0 Å². The van der Waals surface area contributed by atoms with E-state index in [0.717, 1.165) is 6.42 Å². The quantitative estimate of drug-likeness (QED) is 0.692. The van der Waals surface area contributed by atoms with Crippen LogP contribution in [0.5, 0.6) is 0 Å². The van der Waals surface area contributed by atoms with E-state index in [4.69, 9.17) is 10.2 Å². The van der Waals surface area contributed by atoms with Crippen molar-refractivity contribution in [3.05, 3.63) is 23.7 Å². The monoisotopic (exact) mass is 240 g/mol. The van der Waals surface area contributed by atoms with Gasteiger partial charge in [0.05, 0.1) is 12.1 Å². The van der Waals surface area contributed by atoms with Crippen LogP contribution in [0, 0.1) is 0 Å². The minimum absolute atomic E-state index is 0.207. The molecule has 0 aliphatic heterocycles. The van der Waals surface area contributed by atoms with Gasteiger partial charge in [-0.1, -0.05) is 13.3 Å². The number of amides is 1. The van der Waals surface area contributed by atoms with Gasteiger partial charge in [0.15, 0.2) is 5.76 Å². The molecule has 1 atom stereocenters. The predicted octanol–water partition coefficient (Wildman–Crippen LogP) is 1.02. The van der Waals surface area contributed by atoms with Crippen LogP contribution in [0.2, 0.25) is 0 Å². The van der Waals surface area contributed by atoms with E-state index in [1.165, 1.54) is 0 Å². The van der Waals surface area contributed by atoms with Gasteiger partial charge in [0.25, 0.3) is 5.91 Å². The molecular weight excluding hydrogens is 220 g/mol. The van der Waals surface area contributed by atoms with Gasteiger partial charge >= 0.3 is 0 Å². The van der Waals surface area contributed by atoms with E-state index >= 15 is 0 Å². The van der Waals surface area contributed by atoms with Crippen molar-refractivity contribution in [1.29, 1.82) is 0 Å². The third-order valence-corrected chi connectivity index (χ3v) is 2.50. The molecule has 96 valence electrons. The molecule has 0 aromatic carbocycles. The van der Waals surface area contributed by atoms with Crippen molar-refractivity contribution >= 4 is 5.91 Å². The first-order chi connectivity index (χ1) is 7.98. The molecule has 1 amide bonds. The van der Waals surface area contributed by atoms with Gasteiger partial charge in [-0.15, -0.1) is 0 Å². The van der Waals surface area contributed by atoms with Crippen LogP contribution in [0.25, 0.3) is 0 Å². The standard InChI is InChI=1S/C12H20N2O3/c1-3-6-12(2,16)8-14-11(15)10-5-4-9(7-13)17-10/h4-5,16H,3,6-8,13H2,1-2H3,(H,14,15). The Morgan fingerprint density at radius 3 is 2.82 bits per heavy atom. The predicted molar refractivity (Wildman–Crippen MR) is 64.5 cm³/mol. The highest BCUT2D eigenvalue weighted by Crippen LogP contribution is 2.11. The summed E-state index contributed by atoms with van der Waals surface area (Å²) < 4.78 is 5.20.